The quantitative estimate of drug-likeness (QED) is 0.878. The van der Waals surface area contributed by atoms with Crippen molar-refractivity contribution in [1.82, 2.24) is 0 Å². The number of carbonyl (C=O) groups is 1. The standard InChI is InChI=1S/C12H13BrF3NO2/c1-6-3-8(13)4-7(2)10(6)17-5-9(11(18)19)12(14,15)16/h3-4,9,17H,5H2,1-2H3,(H,18,19). The summed E-state index contributed by atoms with van der Waals surface area (Å²) < 4.78 is 38.3. The van der Waals surface area contributed by atoms with Crippen molar-refractivity contribution >= 4 is 27.6 Å². The van der Waals surface area contributed by atoms with E-state index in [9.17, 15) is 18.0 Å². The van der Waals surface area contributed by atoms with Crippen LogP contribution >= 0.6 is 15.9 Å². The van der Waals surface area contributed by atoms with E-state index < -0.39 is 24.6 Å². The van der Waals surface area contributed by atoms with Crippen LogP contribution in [0.15, 0.2) is 16.6 Å². The molecule has 0 bridgehead atoms. The Bertz CT molecular complexity index is 465. The molecule has 0 saturated heterocycles. The fraction of sp³-hybridized carbons (Fsp3) is 0.417. The van der Waals surface area contributed by atoms with Crippen LogP contribution in [0.25, 0.3) is 0 Å². The molecule has 0 fully saturated rings. The molecule has 0 amide bonds. The molecule has 0 aliphatic carbocycles. The predicted molar refractivity (Wildman–Crippen MR) is 69.3 cm³/mol. The molecule has 1 aromatic carbocycles. The van der Waals surface area contributed by atoms with Gasteiger partial charge in [-0.25, -0.2) is 0 Å². The van der Waals surface area contributed by atoms with Crippen molar-refractivity contribution in [3.05, 3.63) is 27.7 Å². The second kappa shape index (κ2) is 5.81. The molecule has 0 spiro atoms. The first-order valence-corrected chi connectivity index (χ1v) is 6.22. The van der Waals surface area contributed by atoms with Crippen LogP contribution in [-0.2, 0) is 4.79 Å². The summed E-state index contributed by atoms with van der Waals surface area (Å²) >= 11 is 3.28. The van der Waals surface area contributed by atoms with Gasteiger partial charge in [0.25, 0.3) is 0 Å². The van der Waals surface area contributed by atoms with Crippen LogP contribution in [0.3, 0.4) is 0 Å². The lowest BCUT2D eigenvalue weighted by atomic mass is 10.1. The van der Waals surface area contributed by atoms with Gasteiger partial charge in [-0.05, 0) is 37.1 Å². The number of anilines is 1. The topological polar surface area (TPSA) is 49.3 Å². The summed E-state index contributed by atoms with van der Waals surface area (Å²) in [7, 11) is 0. The minimum atomic E-state index is -4.77. The number of aryl methyl sites for hydroxylation is 2. The summed E-state index contributed by atoms with van der Waals surface area (Å²) in [5.41, 5.74) is 2.02. The average molecular weight is 340 g/mol. The molecule has 2 N–H and O–H groups in total. The van der Waals surface area contributed by atoms with E-state index in [2.05, 4.69) is 21.2 Å². The summed E-state index contributed by atoms with van der Waals surface area (Å²) in [6.45, 7) is 2.79. The van der Waals surface area contributed by atoms with E-state index in [4.69, 9.17) is 5.11 Å². The predicted octanol–water partition coefficient (Wildman–Crippen LogP) is 3.74. The zero-order valence-corrected chi connectivity index (χ0v) is 11.9. The van der Waals surface area contributed by atoms with E-state index in [1.54, 1.807) is 26.0 Å². The van der Waals surface area contributed by atoms with Gasteiger partial charge in [0.15, 0.2) is 5.92 Å². The number of nitrogens with one attached hydrogen (secondary N) is 1. The number of aliphatic carboxylic acids is 1. The minimum absolute atomic E-state index is 0.527. The molecule has 1 atom stereocenters. The molecule has 1 aromatic rings. The van der Waals surface area contributed by atoms with Gasteiger partial charge >= 0.3 is 12.1 Å². The number of rotatable bonds is 4. The van der Waals surface area contributed by atoms with E-state index in [1.165, 1.54) is 0 Å². The lowest BCUT2D eigenvalue weighted by Crippen LogP contribution is -2.36. The van der Waals surface area contributed by atoms with Crippen LogP contribution in [-0.4, -0.2) is 23.8 Å². The maximum absolute atomic E-state index is 12.5. The van der Waals surface area contributed by atoms with Gasteiger partial charge in [-0.3, -0.25) is 4.79 Å². The zero-order valence-electron chi connectivity index (χ0n) is 10.3. The first-order chi connectivity index (χ1) is 8.62. The van der Waals surface area contributed by atoms with E-state index in [-0.39, 0.29) is 0 Å². The Morgan fingerprint density at radius 1 is 1.37 bits per heavy atom. The second-order valence-corrected chi connectivity index (χ2v) is 5.14. The Hall–Kier alpha value is -1.24. The van der Waals surface area contributed by atoms with Crippen molar-refractivity contribution in [1.29, 1.82) is 0 Å². The molecule has 0 aliphatic rings. The lowest BCUT2D eigenvalue weighted by Gasteiger charge is -2.19. The highest BCUT2D eigenvalue weighted by atomic mass is 79.9. The highest BCUT2D eigenvalue weighted by Gasteiger charge is 2.44. The minimum Gasteiger partial charge on any atom is -0.481 e. The van der Waals surface area contributed by atoms with Crippen molar-refractivity contribution in [3.63, 3.8) is 0 Å². The fourth-order valence-electron chi connectivity index (χ4n) is 1.74. The average Bonchev–Trinajstić information content (AvgIpc) is 2.18. The number of carboxylic acids is 1. The molecule has 7 heteroatoms. The van der Waals surface area contributed by atoms with Gasteiger partial charge in [0.2, 0.25) is 0 Å². The first kappa shape index (κ1) is 15.8. The van der Waals surface area contributed by atoms with Crippen molar-refractivity contribution in [3.8, 4) is 0 Å². The molecule has 0 saturated carbocycles. The van der Waals surface area contributed by atoms with E-state index in [1.807, 2.05) is 0 Å². The van der Waals surface area contributed by atoms with Gasteiger partial charge < -0.3 is 10.4 Å². The summed E-state index contributed by atoms with van der Waals surface area (Å²) in [4.78, 5) is 10.6. The molecule has 106 valence electrons. The van der Waals surface area contributed by atoms with Crippen LogP contribution < -0.4 is 5.32 Å². The van der Waals surface area contributed by atoms with Crippen LogP contribution in [0.4, 0.5) is 18.9 Å². The largest absolute Gasteiger partial charge is 0.481 e. The molecule has 1 unspecified atom stereocenters. The summed E-state index contributed by atoms with van der Waals surface area (Å²) in [6, 6.07) is 3.50. The second-order valence-electron chi connectivity index (χ2n) is 4.23. The SMILES string of the molecule is Cc1cc(Br)cc(C)c1NCC(C(=O)O)C(F)(F)F. The highest BCUT2D eigenvalue weighted by Crippen LogP contribution is 2.29. The fourth-order valence-corrected chi connectivity index (χ4v) is 2.42. The molecule has 0 aromatic heterocycles. The monoisotopic (exact) mass is 339 g/mol. The summed E-state index contributed by atoms with van der Waals surface area (Å²) in [5.74, 6) is -4.30. The molecule has 1 rings (SSSR count). The molecular weight excluding hydrogens is 327 g/mol. The summed E-state index contributed by atoms with van der Waals surface area (Å²) in [6.07, 6.45) is -4.77. The smallest absolute Gasteiger partial charge is 0.403 e. The molecular formula is C12H13BrF3NO2. The normalized spacial score (nSPS) is 13.2. The zero-order chi connectivity index (χ0) is 14.8. The van der Waals surface area contributed by atoms with Crippen molar-refractivity contribution in [2.75, 3.05) is 11.9 Å². The van der Waals surface area contributed by atoms with Gasteiger partial charge in [0, 0.05) is 16.7 Å². The Morgan fingerprint density at radius 2 is 1.84 bits per heavy atom. The third-order valence-corrected chi connectivity index (χ3v) is 3.13. The van der Waals surface area contributed by atoms with Gasteiger partial charge in [-0.1, -0.05) is 15.9 Å². The molecule has 19 heavy (non-hydrogen) atoms. The van der Waals surface area contributed by atoms with Crippen LogP contribution in [0, 0.1) is 19.8 Å². The Morgan fingerprint density at radius 3 is 2.21 bits per heavy atom. The van der Waals surface area contributed by atoms with Gasteiger partial charge in [0.05, 0.1) is 0 Å². The number of hydrogen-bond acceptors (Lipinski definition) is 2. The molecule has 3 nitrogen and oxygen atoms in total. The first-order valence-electron chi connectivity index (χ1n) is 5.43. The van der Waals surface area contributed by atoms with Crippen LogP contribution in [0.1, 0.15) is 11.1 Å². The van der Waals surface area contributed by atoms with Crippen molar-refractivity contribution < 1.29 is 23.1 Å². The Labute approximate surface area is 116 Å². The summed E-state index contributed by atoms with van der Waals surface area (Å²) in [5, 5.41) is 11.2. The number of halogens is 4. The third kappa shape index (κ3) is 4.12. The highest BCUT2D eigenvalue weighted by molar-refractivity contribution is 9.10. The lowest BCUT2D eigenvalue weighted by molar-refractivity contribution is -0.190. The third-order valence-electron chi connectivity index (χ3n) is 2.67. The van der Waals surface area contributed by atoms with E-state index >= 15 is 0 Å². The molecule has 0 aliphatic heterocycles. The molecule has 0 heterocycles. The number of hydrogen-bond donors (Lipinski definition) is 2. The number of alkyl halides is 3. The van der Waals surface area contributed by atoms with E-state index in [0.29, 0.717) is 5.69 Å². The van der Waals surface area contributed by atoms with Gasteiger partial charge in [0.1, 0.15) is 0 Å². The van der Waals surface area contributed by atoms with Crippen molar-refractivity contribution in [2.45, 2.75) is 20.0 Å². The van der Waals surface area contributed by atoms with Gasteiger partial charge in [-0.15, -0.1) is 0 Å². The van der Waals surface area contributed by atoms with Crippen LogP contribution in [0.2, 0.25) is 0 Å². The molecule has 0 radical (unpaired) electrons. The van der Waals surface area contributed by atoms with E-state index in [0.717, 1.165) is 15.6 Å². The Balaban J connectivity index is 2.90. The number of benzene rings is 1. The van der Waals surface area contributed by atoms with Crippen molar-refractivity contribution in [2.24, 2.45) is 5.92 Å². The Kier molecular flexibility index (Phi) is 4.84. The maximum Gasteiger partial charge on any atom is 0.403 e. The van der Waals surface area contributed by atoms with Crippen LogP contribution in [0.5, 0.6) is 0 Å². The number of carboxylic acid groups (broad SMARTS) is 1. The maximum atomic E-state index is 12.5. The van der Waals surface area contributed by atoms with Gasteiger partial charge in [-0.2, -0.15) is 13.2 Å².